The van der Waals surface area contributed by atoms with Crippen LogP contribution in [0.3, 0.4) is 0 Å². The van der Waals surface area contributed by atoms with Crippen molar-refractivity contribution in [3.05, 3.63) is 57.6 Å². The van der Waals surface area contributed by atoms with E-state index in [1.807, 2.05) is 0 Å². The van der Waals surface area contributed by atoms with Crippen LogP contribution in [0.5, 0.6) is 11.5 Å². The van der Waals surface area contributed by atoms with Gasteiger partial charge >= 0.3 is 0 Å². The number of carbonyl (C=O) groups is 2. The molecule has 2 amide bonds. The summed E-state index contributed by atoms with van der Waals surface area (Å²) in [4.78, 5) is 29.0. The molecule has 9 heteroatoms. The molecule has 0 unspecified atom stereocenters. The molecule has 1 fully saturated rings. The second-order valence-electron chi connectivity index (χ2n) is 7.08. The lowest BCUT2D eigenvalue weighted by atomic mass is 10.1. The van der Waals surface area contributed by atoms with Gasteiger partial charge in [-0.1, -0.05) is 23.2 Å². The molecule has 0 radical (unpaired) electrons. The zero-order chi connectivity index (χ0) is 21.1. The molecule has 0 aliphatic carbocycles. The minimum Gasteiger partial charge on any atom is -0.454 e. The summed E-state index contributed by atoms with van der Waals surface area (Å²) in [5, 5.41) is 3.79. The number of hydrogen-bond donors (Lipinski definition) is 1. The maximum absolute atomic E-state index is 12.7. The lowest BCUT2D eigenvalue weighted by Crippen LogP contribution is -2.50. The minimum absolute atomic E-state index is 0.0903. The second kappa shape index (κ2) is 9.12. The number of nitrogens with one attached hydrogen (secondary N) is 1. The molecular weight excluding hydrogens is 429 g/mol. The molecule has 2 aliphatic heterocycles. The van der Waals surface area contributed by atoms with E-state index in [0.717, 1.165) is 13.1 Å². The van der Waals surface area contributed by atoms with E-state index in [1.54, 1.807) is 41.3 Å². The number of benzene rings is 2. The quantitative estimate of drug-likeness (QED) is 0.759. The van der Waals surface area contributed by atoms with Crippen LogP contribution in [0.4, 0.5) is 0 Å². The van der Waals surface area contributed by atoms with E-state index in [-0.39, 0.29) is 18.6 Å². The van der Waals surface area contributed by atoms with E-state index in [2.05, 4.69) is 10.2 Å². The Balaban J connectivity index is 1.22. The van der Waals surface area contributed by atoms with Gasteiger partial charge in [-0.2, -0.15) is 0 Å². The molecule has 4 rings (SSSR count). The van der Waals surface area contributed by atoms with Crippen LogP contribution in [0.1, 0.15) is 20.7 Å². The largest absolute Gasteiger partial charge is 0.454 e. The zero-order valence-electron chi connectivity index (χ0n) is 16.2. The van der Waals surface area contributed by atoms with E-state index >= 15 is 0 Å². The maximum Gasteiger partial charge on any atom is 0.255 e. The van der Waals surface area contributed by atoms with E-state index in [0.29, 0.717) is 58.9 Å². The monoisotopic (exact) mass is 449 g/mol. The Hall–Kier alpha value is -2.48. The number of rotatable bonds is 5. The Bertz CT molecular complexity index is 961. The zero-order valence-corrected chi connectivity index (χ0v) is 17.7. The third-order valence-corrected chi connectivity index (χ3v) is 5.72. The van der Waals surface area contributed by atoms with Gasteiger partial charge in [0.05, 0.1) is 10.6 Å². The Labute approximate surface area is 184 Å². The van der Waals surface area contributed by atoms with Crippen LogP contribution in [-0.4, -0.2) is 67.7 Å². The van der Waals surface area contributed by atoms with Gasteiger partial charge in [-0.3, -0.25) is 14.5 Å². The van der Waals surface area contributed by atoms with Gasteiger partial charge in [0.2, 0.25) is 6.79 Å². The highest BCUT2D eigenvalue weighted by atomic mass is 35.5. The van der Waals surface area contributed by atoms with E-state index in [4.69, 9.17) is 32.7 Å². The number of ether oxygens (including phenoxy) is 2. The molecule has 2 aromatic carbocycles. The standard InChI is InChI=1S/C21H21Cl2N3O4/c22-15-2-3-16(17(23)12-15)21(28)26-9-7-25(8-10-26)6-5-24-20(27)14-1-4-18-19(11-14)30-13-29-18/h1-4,11-12H,5-10,13H2,(H,24,27). The summed E-state index contributed by atoms with van der Waals surface area (Å²) in [6.07, 6.45) is 0. The fraction of sp³-hybridized carbons (Fsp3) is 0.333. The molecule has 0 atom stereocenters. The number of fused-ring (bicyclic) bond motifs is 1. The Morgan fingerprint density at radius 1 is 0.967 bits per heavy atom. The van der Waals surface area contributed by atoms with Crippen molar-refractivity contribution in [2.24, 2.45) is 0 Å². The summed E-state index contributed by atoms with van der Waals surface area (Å²) in [5.74, 6) is 0.995. The Morgan fingerprint density at radius 2 is 1.73 bits per heavy atom. The van der Waals surface area contributed by atoms with Crippen molar-refractivity contribution in [2.75, 3.05) is 46.1 Å². The molecule has 2 aliphatic rings. The summed E-state index contributed by atoms with van der Waals surface area (Å²) in [5.41, 5.74) is 1.00. The summed E-state index contributed by atoms with van der Waals surface area (Å²) < 4.78 is 10.6. The SMILES string of the molecule is O=C(NCCN1CCN(C(=O)c2ccc(Cl)cc2Cl)CC1)c1ccc2c(c1)OCO2. The van der Waals surface area contributed by atoms with Gasteiger partial charge in [0, 0.05) is 49.9 Å². The van der Waals surface area contributed by atoms with Crippen molar-refractivity contribution in [2.45, 2.75) is 0 Å². The van der Waals surface area contributed by atoms with Crippen LogP contribution < -0.4 is 14.8 Å². The van der Waals surface area contributed by atoms with Gasteiger partial charge in [-0.05, 0) is 36.4 Å². The fourth-order valence-electron chi connectivity index (χ4n) is 3.48. The minimum atomic E-state index is -0.153. The predicted molar refractivity (Wildman–Crippen MR) is 114 cm³/mol. The lowest BCUT2D eigenvalue weighted by molar-refractivity contribution is 0.0638. The normalized spacial score (nSPS) is 15.9. The van der Waals surface area contributed by atoms with Gasteiger partial charge in [0.25, 0.3) is 11.8 Å². The van der Waals surface area contributed by atoms with Crippen molar-refractivity contribution in [3.8, 4) is 11.5 Å². The smallest absolute Gasteiger partial charge is 0.255 e. The first-order valence-electron chi connectivity index (χ1n) is 9.66. The topological polar surface area (TPSA) is 71.1 Å². The van der Waals surface area contributed by atoms with E-state index < -0.39 is 0 Å². The number of amides is 2. The van der Waals surface area contributed by atoms with Crippen LogP contribution in [0.15, 0.2) is 36.4 Å². The summed E-state index contributed by atoms with van der Waals surface area (Å²) in [7, 11) is 0. The third kappa shape index (κ3) is 4.64. The lowest BCUT2D eigenvalue weighted by Gasteiger charge is -2.34. The summed E-state index contributed by atoms with van der Waals surface area (Å²) in [6, 6.07) is 10.0. The molecule has 2 heterocycles. The van der Waals surface area contributed by atoms with Gasteiger partial charge in [0.1, 0.15) is 0 Å². The highest BCUT2D eigenvalue weighted by Crippen LogP contribution is 2.32. The molecule has 1 saturated heterocycles. The van der Waals surface area contributed by atoms with Gasteiger partial charge in [-0.25, -0.2) is 0 Å². The van der Waals surface area contributed by atoms with Crippen LogP contribution in [0.2, 0.25) is 10.0 Å². The molecule has 158 valence electrons. The first kappa shape index (κ1) is 20.8. The second-order valence-corrected chi connectivity index (χ2v) is 7.93. The first-order chi connectivity index (χ1) is 14.5. The van der Waals surface area contributed by atoms with Gasteiger partial charge in [0.15, 0.2) is 11.5 Å². The Morgan fingerprint density at radius 3 is 2.50 bits per heavy atom. The van der Waals surface area contributed by atoms with E-state index in [1.165, 1.54) is 0 Å². The number of halogens is 2. The molecule has 7 nitrogen and oxygen atoms in total. The first-order valence-corrected chi connectivity index (χ1v) is 10.4. The van der Waals surface area contributed by atoms with Gasteiger partial charge in [-0.15, -0.1) is 0 Å². The van der Waals surface area contributed by atoms with E-state index in [9.17, 15) is 9.59 Å². The molecular formula is C21H21Cl2N3O4. The van der Waals surface area contributed by atoms with Crippen LogP contribution >= 0.6 is 23.2 Å². The van der Waals surface area contributed by atoms with Crippen LogP contribution in [0.25, 0.3) is 0 Å². The average molecular weight is 450 g/mol. The molecule has 2 aromatic rings. The van der Waals surface area contributed by atoms with Crippen molar-refractivity contribution >= 4 is 35.0 Å². The van der Waals surface area contributed by atoms with Crippen molar-refractivity contribution in [3.63, 3.8) is 0 Å². The number of hydrogen-bond acceptors (Lipinski definition) is 5. The predicted octanol–water partition coefficient (Wildman–Crippen LogP) is 2.91. The molecule has 0 bridgehead atoms. The van der Waals surface area contributed by atoms with Crippen molar-refractivity contribution in [1.29, 1.82) is 0 Å². The molecule has 0 spiro atoms. The van der Waals surface area contributed by atoms with Crippen molar-refractivity contribution in [1.82, 2.24) is 15.1 Å². The highest BCUT2D eigenvalue weighted by Gasteiger charge is 2.23. The molecule has 0 aromatic heterocycles. The number of carbonyl (C=O) groups excluding carboxylic acids is 2. The van der Waals surface area contributed by atoms with Crippen molar-refractivity contribution < 1.29 is 19.1 Å². The maximum atomic E-state index is 12.7. The number of nitrogens with zero attached hydrogens (tertiary/aromatic N) is 2. The number of piperazine rings is 1. The Kier molecular flexibility index (Phi) is 6.32. The van der Waals surface area contributed by atoms with Gasteiger partial charge < -0.3 is 19.7 Å². The molecule has 0 saturated carbocycles. The highest BCUT2D eigenvalue weighted by molar-refractivity contribution is 6.36. The average Bonchev–Trinajstić information content (AvgIpc) is 3.21. The third-order valence-electron chi connectivity index (χ3n) is 5.17. The summed E-state index contributed by atoms with van der Waals surface area (Å²) in [6.45, 7) is 4.08. The fourth-order valence-corrected chi connectivity index (χ4v) is 3.96. The summed E-state index contributed by atoms with van der Waals surface area (Å²) >= 11 is 12.1. The molecule has 30 heavy (non-hydrogen) atoms. The van der Waals surface area contributed by atoms with Crippen LogP contribution in [-0.2, 0) is 0 Å². The molecule has 1 N–H and O–H groups in total. The van der Waals surface area contributed by atoms with Crippen LogP contribution in [0, 0.1) is 0 Å².